The standard InChI is InChI=1S/C5H7NO2.Na.H/c7-4-2-1-3-5(8)6-4;;/h1-3H2,(H,6,7,8);;/q;+1;-1. The molecular formula is C5H8NNaO2. The van der Waals surface area contributed by atoms with Crippen molar-refractivity contribution >= 4 is 11.8 Å². The normalized spacial score (nSPS) is 18.2. The summed E-state index contributed by atoms with van der Waals surface area (Å²) in [4.78, 5) is 20.7. The third-order valence-electron chi connectivity index (χ3n) is 1.09. The van der Waals surface area contributed by atoms with Crippen molar-refractivity contribution in [3.63, 3.8) is 0 Å². The summed E-state index contributed by atoms with van der Waals surface area (Å²) in [6, 6.07) is 0. The van der Waals surface area contributed by atoms with E-state index in [1.165, 1.54) is 0 Å². The maximum atomic E-state index is 10.3. The van der Waals surface area contributed by atoms with E-state index in [1.54, 1.807) is 0 Å². The van der Waals surface area contributed by atoms with Gasteiger partial charge in [-0.15, -0.1) is 0 Å². The quantitative estimate of drug-likeness (QED) is 0.284. The van der Waals surface area contributed by atoms with Crippen LogP contribution in [-0.2, 0) is 9.59 Å². The third-order valence-corrected chi connectivity index (χ3v) is 1.09. The second-order valence-corrected chi connectivity index (χ2v) is 1.82. The van der Waals surface area contributed by atoms with Crippen molar-refractivity contribution in [2.45, 2.75) is 19.3 Å². The number of amides is 2. The molecule has 1 heterocycles. The molecule has 0 spiro atoms. The number of piperidine rings is 1. The topological polar surface area (TPSA) is 46.2 Å². The Morgan fingerprint density at radius 3 is 1.89 bits per heavy atom. The van der Waals surface area contributed by atoms with Crippen molar-refractivity contribution in [3.8, 4) is 0 Å². The average Bonchev–Trinajstić information content (AvgIpc) is 1.64. The number of imide groups is 1. The van der Waals surface area contributed by atoms with Crippen molar-refractivity contribution in [1.29, 1.82) is 0 Å². The van der Waals surface area contributed by atoms with Crippen molar-refractivity contribution in [2.24, 2.45) is 0 Å². The zero-order valence-electron chi connectivity index (χ0n) is 6.44. The molecule has 4 heteroatoms. The van der Waals surface area contributed by atoms with E-state index in [0.717, 1.165) is 0 Å². The molecule has 1 aliphatic rings. The van der Waals surface area contributed by atoms with Gasteiger partial charge in [0.25, 0.3) is 0 Å². The summed E-state index contributed by atoms with van der Waals surface area (Å²) in [6.07, 6.45) is 1.72. The largest absolute Gasteiger partial charge is 1.00 e. The average molecular weight is 137 g/mol. The predicted molar refractivity (Wildman–Crippen MR) is 28.1 cm³/mol. The van der Waals surface area contributed by atoms with Crippen LogP contribution in [0.25, 0.3) is 0 Å². The molecule has 1 saturated heterocycles. The van der Waals surface area contributed by atoms with Gasteiger partial charge in [-0.1, -0.05) is 0 Å². The van der Waals surface area contributed by atoms with Gasteiger partial charge >= 0.3 is 29.6 Å². The third kappa shape index (κ3) is 2.98. The molecule has 1 N–H and O–H groups in total. The van der Waals surface area contributed by atoms with E-state index < -0.39 is 0 Å². The smallest absolute Gasteiger partial charge is 1.00 e. The molecule has 3 nitrogen and oxygen atoms in total. The minimum Gasteiger partial charge on any atom is -1.00 e. The summed E-state index contributed by atoms with van der Waals surface area (Å²) in [5.74, 6) is -0.275. The first-order valence-electron chi connectivity index (χ1n) is 2.62. The minimum atomic E-state index is -0.138. The van der Waals surface area contributed by atoms with Crippen LogP contribution < -0.4 is 34.9 Å². The molecule has 1 fully saturated rings. The molecule has 0 saturated carbocycles. The van der Waals surface area contributed by atoms with Gasteiger partial charge < -0.3 is 1.43 Å². The summed E-state index contributed by atoms with van der Waals surface area (Å²) < 4.78 is 0. The second kappa shape index (κ2) is 4.04. The van der Waals surface area contributed by atoms with E-state index in [4.69, 9.17) is 0 Å². The van der Waals surface area contributed by atoms with Crippen LogP contribution in [0.3, 0.4) is 0 Å². The number of nitrogens with one attached hydrogen (secondary N) is 1. The zero-order chi connectivity index (χ0) is 5.98. The Bertz CT molecular complexity index is 126. The van der Waals surface area contributed by atoms with Crippen molar-refractivity contribution in [1.82, 2.24) is 5.32 Å². The molecule has 0 radical (unpaired) electrons. The number of carbonyl (C=O) groups is 2. The van der Waals surface area contributed by atoms with Gasteiger partial charge in [-0.2, -0.15) is 0 Å². The van der Waals surface area contributed by atoms with Gasteiger partial charge in [0.15, 0.2) is 0 Å². The van der Waals surface area contributed by atoms with E-state index in [-0.39, 0.29) is 42.8 Å². The Morgan fingerprint density at radius 1 is 1.22 bits per heavy atom. The minimum absolute atomic E-state index is 0. The van der Waals surface area contributed by atoms with E-state index in [9.17, 15) is 9.59 Å². The first-order valence-corrected chi connectivity index (χ1v) is 2.62. The van der Waals surface area contributed by atoms with Gasteiger partial charge in [0.2, 0.25) is 11.8 Å². The fraction of sp³-hybridized carbons (Fsp3) is 0.600. The molecule has 0 unspecified atom stereocenters. The molecule has 0 atom stereocenters. The van der Waals surface area contributed by atoms with E-state index in [2.05, 4.69) is 5.32 Å². The van der Waals surface area contributed by atoms with E-state index in [1.807, 2.05) is 0 Å². The molecule has 0 aliphatic carbocycles. The Balaban J connectivity index is 0. The van der Waals surface area contributed by atoms with Crippen LogP contribution in [0.5, 0.6) is 0 Å². The van der Waals surface area contributed by atoms with Gasteiger partial charge in [-0.3, -0.25) is 14.9 Å². The number of hydrogen-bond donors (Lipinski definition) is 1. The van der Waals surface area contributed by atoms with Crippen LogP contribution in [0, 0.1) is 0 Å². The van der Waals surface area contributed by atoms with Crippen molar-refractivity contribution < 1.29 is 40.6 Å². The van der Waals surface area contributed by atoms with Crippen LogP contribution in [0.4, 0.5) is 0 Å². The molecule has 2 amide bonds. The maximum Gasteiger partial charge on any atom is 1.00 e. The Morgan fingerprint density at radius 2 is 1.67 bits per heavy atom. The molecule has 0 aromatic rings. The van der Waals surface area contributed by atoms with Crippen LogP contribution in [0.15, 0.2) is 0 Å². The van der Waals surface area contributed by atoms with Crippen LogP contribution in [-0.4, -0.2) is 11.8 Å². The van der Waals surface area contributed by atoms with Crippen molar-refractivity contribution in [2.75, 3.05) is 0 Å². The van der Waals surface area contributed by atoms with E-state index >= 15 is 0 Å². The first-order chi connectivity index (χ1) is 3.79. The fourth-order valence-electron chi connectivity index (χ4n) is 0.690. The molecule has 1 rings (SSSR count). The molecule has 46 valence electrons. The van der Waals surface area contributed by atoms with Crippen LogP contribution >= 0.6 is 0 Å². The Hall–Kier alpha value is 0.140. The van der Waals surface area contributed by atoms with E-state index in [0.29, 0.717) is 19.3 Å². The van der Waals surface area contributed by atoms with Crippen molar-refractivity contribution in [3.05, 3.63) is 0 Å². The molecule has 0 bridgehead atoms. The summed E-state index contributed by atoms with van der Waals surface area (Å²) in [5.41, 5.74) is 0. The van der Waals surface area contributed by atoms with Gasteiger partial charge in [0.1, 0.15) is 0 Å². The number of hydrogen-bond acceptors (Lipinski definition) is 2. The first kappa shape index (κ1) is 9.14. The summed E-state index contributed by atoms with van der Waals surface area (Å²) in [6.45, 7) is 0. The molecule has 9 heavy (non-hydrogen) atoms. The number of rotatable bonds is 0. The van der Waals surface area contributed by atoms with Crippen LogP contribution in [0.1, 0.15) is 20.7 Å². The predicted octanol–water partition coefficient (Wildman–Crippen LogP) is -3.07. The molecule has 1 aliphatic heterocycles. The second-order valence-electron chi connectivity index (χ2n) is 1.82. The Labute approximate surface area is 77.0 Å². The molecule has 0 aromatic heterocycles. The van der Waals surface area contributed by atoms with Gasteiger partial charge in [-0.05, 0) is 6.42 Å². The maximum absolute atomic E-state index is 10.3. The van der Waals surface area contributed by atoms with Gasteiger partial charge in [0, 0.05) is 12.8 Å². The zero-order valence-corrected chi connectivity index (χ0v) is 7.44. The summed E-state index contributed by atoms with van der Waals surface area (Å²) >= 11 is 0. The Kier molecular flexibility index (Phi) is 4.10. The monoisotopic (exact) mass is 137 g/mol. The summed E-state index contributed by atoms with van der Waals surface area (Å²) in [7, 11) is 0. The SMILES string of the molecule is O=C1CCCC(=O)N1.[H-].[Na+]. The number of carbonyl (C=O) groups excluding carboxylic acids is 2. The van der Waals surface area contributed by atoms with Crippen LogP contribution in [0.2, 0.25) is 0 Å². The molecule has 0 aromatic carbocycles. The summed E-state index contributed by atoms with van der Waals surface area (Å²) in [5, 5.41) is 2.20. The molecular weight excluding hydrogens is 129 g/mol. The fourth-order valence-corrected chi connectivity index (χ4v) is 0.690. The van der Waals surface area contributed by atoms with Gasteiger partial charge in [-0.25, -0.2) is 0 Å². The van der Waals surface area contributed by atoms with Gasteiger partial charge in [0.05, 0.1) is 0 Å².